The summed E-state index contributed by atoms with van der Waals surface area (Å²) in [6.07, 6.45) is 0.589. The Hall–Kier alpha value is -1.06. The zero-order valence-electron chi connectivity index (χ0n) is 7.69. The average Bonchev–Trinajstić information content (AvgIpc) is 2.13. The molecule has 0 saturated heterocycles. The number of hydrogen-bond donors (Lipinski definition) is 1. The van der Waals surface area contributed by atoms with Crippen LogP contribution in [0, 0.1) is 6.92 Å². The van der Waals surface area contributed by atoms with Crippen LogP contribution in [0.3, 0.4) is 0 Å². The standard InChI is InChI=1S/C10H14O3/c1-9-4-2-5-10(8-9)13-12-7-3-6-11/h2,4-5,8,11H,3,6-7H2,1H3. The topological polar surface area (TPSA) is 38.7 Å². The molecule has 13 heavy (non-hydrogen) atoms. The maximum atomic E-state index is 8.47. The first-order valence-corrected chi connectivity index (χ1v) is 4.30. The fourth-order valence-corrected chi connectivity index (χ4v) is 0.900. The Morgan fingerprint density at radius 2 is 2.23 bits per heavy atom. The molecule has 0 bridgehead atoms. The van der Waals surface area contributed by atoms with Crippen LogP contribution in [-0.2, 0) is 4.89 Å². The van der Waals surface area contributed by atoms with E-state index in [9.17, 15) is 0 Å². The van der Waals surface area contributed by atoms with Gasteiger partial charge in [-0.2, -0.15) is 4.89 Å². The Kier molecular flexibility index (Phi) is 4.29. The molecule has 0 amide bonds. The van der Waals surface area contributed by atoms with Crippen molar-refractivity contribution in [3.05, 3.63) is 29.8 Å². The highest BCUT2D eigenvalue weighted by atomic mass is 17.2. The largest absolute Gasteiger partial charge is 0.396 e. The summed E-state index contributed by atoms with van der Waals surface area (Å²) in [7, 11) is 0. The van der Waals surface area contributed by atoms with Crippen LogP contribution < -0.4 is 4.89 Å². The Labute approximate surface area is 77.8 Å². The predicted octanol–water partition coefficient (Wildman–Crippen LogP) is 1.69. The second kappa shape index (κ2) is 5.56. The molecular formula is C10H14O3. The third kappa shape index (κ3) is 3.92. The minimum atomic E-state index is 0.122. The first-order chi connectivity index (χ1) is 6.33. The fraction of sp³-hybridized carbons (Fsp3) is 0.400. The normalized spacial score (nSPS) is 10.0. The lowest BCUT2D eigenvalue weighted by molar-refractivity contribution is -0.208. The smallest absolute Gasteiger partial charge is 0.165 e. The van der Waals surface area contributed by atoms with Crippen molar-refractivity contribution in [3.63, 3.8) is 0 Å². The SMILES string of the molecule is Cc1cccc(OOCCCO)c1. The summed E-state index contributed by atoms with van der Waals surface area (Å²) in [4.78, 5) is 9.83. The van der Waals surface area contributed by atoms with Crippen LogP contribution in [0.4, 0.5) is 0 Å². The number of aliphatic hydroxyl groups excluding tert-OH is 1. The predicted molar refractivity (Wildman–Crippen MR) is 49.5 cm³/mol. The van der Waals surface area contributed by atoms with Gasteiger partial charge < -0.3 is 9.99 Å². The summed E-state index contributed by atoms with van der Waals surface area (Å²) in [5, 5.41) is 8.47. The molecule has 1 aromatic carbocycles. The molecule has 1 aromatic rings. The zero-order chi connectivity index (χ0) is 9.52. The molecule has 0 fully saturated rings. The van der Waals surface area contributed by atoms with Crippen LogP contribution in [0.15, 0.2) is 24.3 Å². The Bertz CT molecular complexity index is 248. The van der Waals surface area contributed by atoms with Gasteiger partial charge in [0, 0.05) is 6.61 Å². The second-order valence-corrected chi connectivity index (χ2v) is 2.80. The molecule has 0 atom stereocenters. The molecule has 0 spiro atoms. The van der Waals surface area contributed by atoms with E-state index in [1.807, 2.05) is 31.2 Å². The van der Waals surface area contributed by atoms with Gasteiger partial charge in [-0.15, -0.1) is 0 Å². The monoisotopic (exact) mass is 182 g/mol. The second-order valence-electron chi connectivity index (χ2n) is 2.80. The Morgan fingerprint density at radius 1 is 1.38 bits per heavy atom. The van der Waals surface area contributed by atoms with E-state index in [1.165, 1.54) is 0 Å². The van der Waals surface area contributed by atoms with Gasteiger partial charge in [0.05, 0.1) is 6.61 Å². The third-order valence-electron chi connectivity index (χ3n) is 1.53. The minimum Gasteiger partial charge on any atom is -0.396 e. The molecule has 0 unspecified atom stereocenters. The molecule has 0 aliphatic carbocycles. The maximum Gasteiger partial charge on any atom is 0.165 e. The molecule has 0 aliphatic rings. The van der Waals surface area contributed by atoms with Crippen molar-refractivity contribution in [2.75, 3.05) is 13.2 Å². The van der Waals surface area contributed by atoms with Gasteiger partial charge in [0.2, 0.25) is 0 Å². The number of aryl methyl sites for hydroxylation is 1. The van der Waals surface area contributed by atoms with E-state index in [0.29, 0.717) is 18.8 Å². The lowest BCUT2D eigenvalue weighted by Crippen LogP contribution is -2.01. The number of aliphatic hydroxyl groups is 1. The van der Waals surface area contributed by atoms with Crippen molar-refractivity contribution < 1.29 is 14.9 Å². The van der Waals surface area contributed by atoms with Crippen LogP contribution in [0.2, 0.25) is 0 Å². The molecule has 0 radical (unpaired) electrons. The van der Waals surface area contributed by atoms with Crippen LogP contribution in [0.25, 0.3) is 0 Å². The van der Waals surface area contributed by atoms with Gasteiger partial charge in [-0.25, -0.2) is 0 Å². The van der Waals surface area contributed by atoms with Gasteiger partial charge in [0.15, 0.2) is 5.75 Å². The quantitative estimate of drug-likeness (QED) is 0.428. The van der Waals surface area contributed by atoms with Gasteiger partial charge >= 0.3 is 0 Å². The van der Waals surface area contributed by atoms with Crippen LogP contribution >= 0.6 is 0 Å². The lowest BCUT2D eigenvalue weighted by Gasteiger charge is -2.04. The summed E-state index contributed by atoms with van der Waals surface area (Å²) in [6, 6.07) is 7.60. The number of rotatable bonds is 5. The molecule has 0 aliphatic heterocycles. The summed E-state index contributed by atoms with van der Waals surface area (Å²) in [6.45, 7) is 2.52. The molecule has 1 rings (SSSR count). The summed E-state index contributed by atoms with van der Waals surface area (Å²) in [5.41, 5.74) is 1.13. The number of hydrogen-bond acceptors (Lipinski definition) is 3. The van der Waals surface area contributed by atoms with E-state index in [-0.39, 0.29) is 6.61 Å². The van der Waals surface area contributed by atoms with Crippen molar-refractivity contribution >= 4 is 0 Å². The first-order valence-electron chi connectivity index (χ1n) is 4.30. The first kappa shape index (κ1) is 10.0. The molecule has 3 nitrogen and oxygen atoms in total. The van der Waals surface area contributed by atoms with Gasteiger partial charge in [0.1, 0.15) is 0 Å². The van der Waals surface area contributed by atoms with Crippen molar-refractivity contribution in [3.8, 4) is 5.75 Å². The molecule has 0 aromatic heterocycles. The van der Waals surface area contributed by atoms with Crippen molar-refractivity contribution in [1.29, 1.82) is 0 Å². The van der Waals surface area contributed by atoms with Gasteiger partial charge in [0.25, 0.3) is 0 Å². The molecular weight excluding hydrogens is 168 g/mol. The third-order valence-corrected chi connectivity index (χ3v) is 1.53. The fourth-order valence-electron chi connectivity index (χ4n) is 0.900. The molecule has 3 heteroatoms. The minimum absolute atomic E-state index is 0.122. The maximum absolute atomic E-state index is 8.47. The van der Waals surface area contributed by atoms with Crippen LogP contribution in [0.1, 0.15) is 12.0 Å². The van der Waals surface area contributed by atoms with E-state index in [2.05, 4.69) is 0 Å². The lowest BCUT2D eigenvalue weighted by atomic mass is 10.2. The van der Waals surface area contributed by atoms with Gasteiger partial charge in [-0.05, 0) is 31.0 Å². The summed E-state index contributed by atoms with van der Waals surface area (Å²) >= 11 is 0. The van der Waals surface area contributed by atoms with Crippen LogP contribution in [0.5, 0.6) is 5.75 Å². The van der Waals surface area contributed by atoms with Gasteiger partial charge in [-0.3, -0.25) is 0 Å². The summed E-state index contributed by atoms with van der Waals surface area (Å²) < 4.78 is 0. The molecule has 0 saturated carbocycles. The van der Waals surface area contributed by atoms with E-state index < -0.39 is 0 Å². The highest BCUT2D eigenvalue weighted by molar-refractivity contribution is 5.26. The van der Waals surface area contributed by atoms with E-state index >= 15 is 0 Å². The van der Waals surface area contributed by atoms with Crippen molar-refractivity contribution in [2.24, 2.45) is 0 Å². The van der Waals surface area contributed by atoms with E-state index in [1.54, 1.807) is 0 Å². The van der Waals surface area contributed by atoms with E-state index in [0.717, 1.165) is 5.56 Å². The van der Waals surface area contributed by atoms with Crippen LogP contribution in [-0.4, -0.2) is 18.3 Å². The average molecular weight is 182 g/mol. The highest BCUT2D eigenvalue weighted by Gasteiger charge is 1.94. The van der Waals surface area contributed by atoms with Crippen molar-refractivity contribution in [1.82, 2.24) is 0 Å². The zero-order valence-corrected chi connectivity index (χ0v) is 7.69. The summed E-state index contributed by atoms with van der Waals surface area (Å²) in [5.74, 6) is 0.693. The Morgan fingerprint density at radius 3 is 2.92 bits per heavy atom. The molecule has 0 heterocycles. The molecule has 72 valence electrons. The van der Waals surface area contributed by atoms with Gasteiger partial charge in [-0.1, -0.05) is 12.1 Å². The van der Waals surface area contributed by atoms with Crippen molar-refractivity contribution in [2.45, 2.75) is 13.3 Å². The number of benzene rings is 1. The molecule has 1 N–H and O–H groups in total. The Balaban J connectivity index is 2.28. The van der Waals surface area contributed by atoms with E-state index in [4.69, 9.17) is 14.9 Å². The highest BCUT2D eigenvalue weighted by Crippen LogP contribution is 2.12.